The second kappa shape index (κ2) is 6.23. The molecule has 0 unspecified atom stereocenters. The standard InChI is InChI=1S/C9H17N3O3/c1-8(13)10-2-3-11-9(14)12-4-6-15-7-5-12/h2-7H2,1H3,(H,10,13)(H,11,14). The maximum atomic E-state index is 11.5. The zero-order valence-electron chi connectivity index (χ0n) is 8.91. The normalized spacial score (nSPS) is 15.9. The van der Waals surface area contributed by atoms with Crippen LogP contribution in [0.1, 0.15) is 6.92 Å². The number of hydrogen-bond donors (Lipinski definition) is 2. The molecule has 1 saturated heterocycles. The van der Waals surface area contributed by atoms with E-state index in [1.807, 2.05) is 0 Å². The predicted octanol–water partition coefficient (Wildman–Crippen LogP) is -0.836. The van der Waals surface area contributed by atoms with Crippen LogP contribution in [0.15, 0.2) is 0 Å². The molecule has 3 amide bonds. The average Bonchev–Trinajstić information content (AvgIpc) is 2.25. The molecule has 1 fully saturated rings. The van der Waals surface area contributed by atoms with E-state index in [1.165, 1.54) is 6.92 Å². The number of morpholine rings is 1. The predicted molar refractivity (Wildman–Crippen MR) is 54.5 cm³/mol. The fourth-order valence-electron chi connectivity index (χ4n) is 1.29. The van der Waals surface area contributed by atoms with E-state index in [-0.39, 0.29) is 11.9 Å². The largest absolute Gasteiger partial charge is 0.378 e. The van der Waals surface area contributed by atoms with Gasteiger partial charge in [0, 0.05) is 33.1 Å². The number of amides is 3. The second-order valence-corrected chi connectivity index (χ2v) is 3.31. The summed E-state index contributed by atoms with van der Waals surface area (Å²) >= 11 is 0. The Kier molecular flexibility index (Phi) is 4.89. The van der Waals surface area contributed by atoms with E-state index in [1.54, 1.807) is 4.90 Å². The molecule has 1 rings (SSSR count). The second-order valence-electron chi connectivity index (χ2n) is 3.31. The third-order valence-electron chi connectivity index (χ3n) is 2.07. The van der Waals surface area contributed by atoms with Crippen LogP contribution in [-0.2, 0) is 9.53 Å². The molecule has 0 bridgehead atoms. The Morgan fingerprint density at radius 2 is 1.80 bits per heavy atom. The van der Waals surface area contributed by atoms with Gasteiger partial charge in [0.15, 0.2) is 0 Å². The highest BCUT2D eigenvalue weighted by Gasteiger charge is 2.15. The first-order valence-electron chi connectivity index (χ1n) is 5.05. The Bertz CT molecular complexity index is 227. The Morgan fingerprint density at radius 3 is 2.40 bits per heavy atom. The smallest absolute Gasteiger partial charge is 0.317 e. The third-order valence-corrected chi connectivity index (χ3v) is 2.07. The molecule has 0 aromatic carbocycles. The van der Waals surface area contributed by atoms with Gasteiger partial charge in [-0.05, 0) is 0 Å². The Morgan fingerprint density at radius 1 is 1.20 bits per heavy atom. The van der Waals surface area contributed by atoms with E-state index in [2.05, 4.69) is 10.6 Å². The van der Waals surface area contributed by atoms with Gasteiger partial charge in [-0.3, -0.25) is 4.79 Å². The van der Waals surface area contributed by atoms with Gasteiger partial charge in [0.05, 0.1) is 13.2 Å². The fourth-order valence-corrected chi connectivity index (χ4v) is 1.29. The molecule has 86 valence electrons. The van der Waals surface area contributed by atoms with Gasteiger partial charge in [-0.25, -0.2) is 4.79 Å². The van der Waals surface area contributed by atoms with E-state index < -0.39 is 0 Å². The number of carbonyl (C=O) groups is 2. The first-order valence-corrected chi connectivity index (χ1v) is 5.05. The molecule has 1 aliphatic heterocycles. The average molecular weight is 215 g/mol. The van der Waals surface area contributed by atoms with Crippen LogP contribution in [0, 0.1) is 0 Å². The SMILES string of the molecule is CC(=O)NCCNC(=O)N1CCOCC1. The Balaban J connectivity index is 2.09. The van der Waals surface area contributed by atoms with Crippen molar-refractivity contribution in [2.45, 2.75) is 6.92 Å². The fraction of sp³-hybridized carbons (Fsp3) is 0.778. The molecule has 0 spiro atoms. The highest BCUT2D eigenvalue weighted by Crippen LogP contribution is 1.96. The number of ether oxygens (including phenoxy) is 1. The number of rotatable bonds is 3. The van der Waals surface area contributed by atoms with Crippen molar-refractivity contribution in [3.63, 3.8) is 0 Å². The van der Waals surface area contributed by atoms with Gasteiger partial charge >= 0.3 is 6.03 Å². The quantitative estimate of drug-likeness (QED) is 0.603. The summed E-state index contributed by atoms with van der Waals surface area (Å²) in [6, 6.07) is -0.0938. The molecule has 0 aromatic heterocycles. The molecule has 1 heterocycles. The zero-order chi connectivity index (χ0) is 11.1. The van der Waals surface area contributed by atoms with Crippen molar-refractivity contribution in [1.82, 2.24) is 15.5 Å². The first-order chi connectivity index (χ1) is 7.20. The Hall–Kier alpha value is -1.30. The summed E-state index contributed by atoms with van der Waals surface area (Å²) in [7, 11) is 0. The van der Waals surface area contributed by atoms with Crippen molar-refractivity contribution in [2.75, 3.05) is 39.4 Å². The lowest BCUT2D eigenvalue weighted by molar-refractivity contribution is -0.118. The van der Waals surface area contributed by atoms with E-state index in [4.69, 9.17) is 4.74 Å². The number of carbonyl (C=O) groups excluding carboxylic acids is 2. The van der Waals surface area contributed by atoms with Crippen molar-refractivity contribution in [1.29, 1.82) is 0 Å². The summed E-state index contributed by atoms with van der Waals surface area (Å²) in [4.78, 5) is 23.7. The van der Waals surface area contributed by atoms with E-state index in [0.717, 1.165) is 0 Å². The summed E-state index contributed by atoms with van der Waals surface area (Å²) in [5.41, 5.74) is 0. The highest BCUT2D eigenvalue weighted by atomic mass is 16.5. The lowest BCUT2D eigenvalue weighted by Crippen LogP contribution is -2.47. The van der Waals surface area contributed by atoms with Crippen LogP contribution in [0.2, 0.25) is 0 Å². The number of nitrogens with one attached hydrogen (secondary N) is 2. The highest BCUT2D eigenvalue weighted by molar-refractivity contribution is 5.74. The topological polar surface area (TPSA) is 70.7 Å². The number of urea groups is 1. The molecule has 6 heteroatoms. The number of nitrogens with zero attached hydrogens (tertiary/aromatic N) is 1. The van der Waals surface area contributed by atoms with Gasteiger partial charge < -0.3 is 20.3 Å². The van der Waals surface area contributed by atoms with Crippen LogP contribution in [0.5, 0.6) is 0 Å². The van der Waals surface area contributed by atoms with Crippen LogP contribution in [0.4, 0.5) is 4.79 Å². The lowest BCUT2D eigenvalue weighted by Gasteiger charge is -2.26. The molecule has 2 N–H and O–H groups in total. The van der Waals surface area contributed by atoms with Crippen LogP contribution in [-0.4, -0.2) is 56.2 Å². The van der Waals surface area contributed by atoms with Crippen LogP contribution in [0.25, 0.3) is 0 Å². The monoisotopic (exact) mass is 215 g/mol. The molecule has 0 aliphatic carbocycles. The van der Waals surface area contributed by atoms with Crippen molar-refractivity contribution in [3.8, 4) is 0 Å². The van der Waals surface area contributed by atoms with Crippen LogP contribution >= 0.6 is 0 Å². The third kappa shape index (κ3) is 4.64. The minimum atomic E-state index is -0.0938. The lowest BCUT2D eigenvalue weighted by atomic mass is 10.4. The molecule has 15 heavy (non-hydrogen) atoms. The van der Waals surface area contributed by atoms with Gasteiger partial charge in [-0.15, -0.1) is 0 Å². The maximum absolute atomic E-state index is 11.5. The summed E-state index contributed by atoms with van der Waals surface area (Å²) in [6.45, 7) is 4.82. The molecule has 0 saturated carbocycles. The van der Waals surface area contributed by atoms with Gasteiger partial charge in [0.2, 0.25) is 5.91 Å². The molecule has 0 aromatic rings. The van der Waals surface area contributed by atoms with E-state index >= 15 is 0 Å². The minimum Gasteiger partial charge on any atom is -0.378 e. The van der Waals surface area contributed by atoms with Gasteiger partial charge in [0.1, 0.15) is 0 Å². The number of hydrogen-bond acceptors (Lipinski definition) is 3. The van der Waals surface area contributed by atoms with Gasteiger partial charge in [-0.2, -0.15) is 0 Å². The molecular weight excluding hydrogens is 198 g/mol. The molecule has 6 nitrogen and oxygen atoms in total. The van der Waals surface area contributed by atoms with Crippen molar-refractivity contribution >= 4 is 11.9 Å². The van der Waals surface area contributed by atoms with E-state index in [0.29, 0.717) is 39.4 Å². The van der Waals surface area contributed by atoms with E-state index in [9.17, 15) is 9.59 Å². The minimum absolute atomic E-state index is 0.0874. The van der Waals surface area contributed by atoms with Gasteiger partial charge in [-0.1, -0.05) is 0 Å². The van der Waals surface area contributed by atoms with Crippen molar-refractivity contribution < 1.29 is 14.3 Å². The van der Waals surface area contributed by atoms with Crippen LogP contribution < -0.4 is 10.6 Å². The summed E-state index contributed by atoms with van der Waals surface area (Å²) in [6.07, 6.45) is 0. The molecular formula is C9H17N3O3. The summed E-state index contributed by atoms with van der Waals surface area (Å²) in [5.74, 6) is -0.0874. The first kappa shape index (κ1) is 11.8. The van der Waals surface area contributed by atoms with Crippen molar-refractivity contribution in [2.24, 2.45) is 0 Å². The molecule has 0 radical (unpaired) electrons. The maximum Gasteiger partial charge on any atom is 0.317 e. The summed E-state index contributed by atoms with van der Waals surface area (Å²) < 4.78 is 5.13. The molecule has 1 aliphatic rings. The summed E-state index contributed by atoms with van der Waals surface area (Å²) in [5, 5.41) is 5.33. The zero-order valence-corrected chi connectivity index (χ0v) is 8.91. The van der Waals surface area contributed by atoms with Gasteiger partial charge in [0.25, 0.3) is 0 Å². The van der Waals surface area contributed by atoms with Crippen molar-refractivity contribution in [3.05, 3.63) is 0 Å². The Labute approximate surface area is 88.9 Å². The molecule has 0 atom stereocenters. The van der Waals surface area contributed by atoms with Crippen LogP contribution in [0.3, 0.4) is 0 Å².